The largest absolute Gasteiger partial charge is 0.456 e. The van der Waals surface area contributed by atoms with E-state index in [0.717, 1.165) is 82.9 Å². The molecule has 0 aliphatic heterocycles. The van der Waals surface area contributed by atoms with Gasteiger partial charge in [-0.3, -0.25) is 0 Å². The minimum absolute atomic E-state index is 0.171. The monoisotopic (exact) mass is 810 g/mol. The van der Waals surface area contributed by atoms with Crippen molar-refractivity contribution in [3.8, 4) is 44.8 Å². The van der Waals surface area contributed by atoms with E-state index in [1.165, 1.54) is 5.56 Å². The molecule has 0 aliphatic carbocycles. The molecular formula is C55H29B7N2O. The van der Waals surface area contributed by atoms with Crippen LogP contribution < -0.4 is 38.2 Å². The average Bonchev–Trinajstić information content (AvgIpc) is 4.00. The third-order valence-electron chi connectivity index (χ3n) is 13.2. The summed E-state index contributed by atoms with van der Waals surface area (Å²) in [6.07, 6.45) is 0. The molecule has 3 nitrogen and oxygen atoms in total. The van der Waals surface area contributed by atoms with Crippen LogP contribution in [0.3, 0.4) is 0 Å². The van der Waals surface area contributed by atoms with E-state index < -0.39 is 0 Å². The second-order valence-electron chi connectivity index (χ2n) is 16.9. The van der Waals surface area contributed by atoms with E-state index in [-0.39, 0.29) is 21.9 Å². The van der Waals surface area contributed by atoms with Crippen molar-refractivity contribution in [2.45, 2.75) is 6.92 Å². The van der Waals surface area contributed by atoms with Crippen molar-refractivity contribution in [1.82, 2.24) is 9.13 Å². The minimum atomic E-state index is 0.171. The van der Waals surface area contributed by atoms with Crippen molar-refractivity contribution >= 4 is 159 Å². The Morgan fingerprint density at radius 1 is 0.354 bits per heavy atom. The van der Waals surface area contributed by atoms with Crippen LogP contribution in [0, 0.1) is 6.92 Å². The SMILES string of the molecule is [B]c1c([B])c([B])c2c(c1[B])c1c([B])c(-c3ccc4c(c3)c3ccc(-c5ccc(C)cc5)cc3n4-c3ccc4c(c3)oc3ccccc34)c([B])c([B])c1n2-c1ccc(-c2ccccc2)cc1. The van der Waals surface area contributed by atoms with Crippen molar-refractivity contribution < 1.29 is 4.42 Å². The predicted molar refractivity (Wildman–Crippen MR) is 281 cm³/mol. The number of nitrogens with zero attached hydrogens (tertiary/aromatic N) is 2. The van der Waals surface area contributed by atoms with Gasteiger partial charge in [0.2, 0.25) is 0 Å². The number of aromatic nitrogens is 2. The van der Waals surface area contributed by atoms with Gasteiger partial charge in [0, 0.05) is 55.4 Å². The summed E-state index contributed by atoms with van der Waals surface area (Å²) >= 11 is 0. The summed E-state index contributed by atoms with van der Waals surface area (Å²) in [5, 5.41) is 5.30. The molecule has 14 radical (unpaired) electrons. The Hall–Kier alpha value is -7.17. The highest BCUT2D eigenvalue weighted by atomic mass is 16.3. The van der Waals surface area contributed by atoms with Crippen LogP contribution in [0.4, 0.5) is 0 Å². The Kier molecular flexibility index (Phi) is 8.91. The number of rotatable bonds is 5. The third-order valence-corrected chi connectivity index (χ3v) is 13.2. The zero-order valence-electron chi connectivity index (χ0n) is 35.4. The molecule has 0 saturated heterocycles. The maximum absolute atomic E-state index is 7.39. The lowest BCUT2D eigenvalue weighted by atomic mass is 9.64. The molecule has 10 heteroatoms. The number of hydrogen-bond donors (Lipinski definition) is 0. The zero-order chi connectivity index (χ0) is 44.4. The second kappa shape index (κ2) is 14.7. The predicted octanol–water partition coefficient (Wildman–Crippen LogP) is 6.65. The lowest BCUT2D eigenvalue weighted by Crippen LogP contribution is -2.48. The number of hydrogen-bond acceptors (Lipinski definition) is 1. The van der Waals surface area contributed by atoms with Crippen LogP contribution in [0.1, 0.15) is 5.56 Å². The standard InChI is InChI=1S/C55H29B7N2O/c1-28-11-13-31(14-12-28)32-17-22-36-39-25-33(18-24-40(39)63(41(36)26-32)35-21-23-38-37-9-5-6-10-42(37)65-43(38)27-35)44-47(56)45-46-49(58)50(59)51(60)53(62)55(46)64(54(45)52(61)48(44)57)34-19-15-30(16-20-34)29-7-3-2-4-8-29/h2-27H,1H3. The number of fused-ring (bicyclic) bond motifs is 9. The van der Waals surface area contributed by atoms with Crippen LogP contribution >= 0.6 is 0 Å². The molecule has 0 amide bonds. The van der Waals surface area contributed by atoms with E-state index in [1.54, 1.807) is 0 Å². The summed E-state index contributed by atoms with van der Waals surface area (Å²) in [6.45, 7) is 2.10. The Balaban J connectivity index is 1.11. The lowest BCUT2D eigenvalue weighted by Gasteiger charge is -2.19. The van der Waals surface area contributed by atoms with Crippen molar-refractivity contribution in [2.24, 2.45) is 0 Å². The molecule has 3 heterocycles. The lowest BCUT2D eigenvalue weighted by molar-refractivity contribution is 0.668. The highest BCUT2D eigenvalue weighted by molar-refractivity contribution is 6.69. The normalized spacial score (nSPS) is 11.9. The van der Waals surface area contributed by atoms with Crippen LogP contribution in [0.25, 0.3) is 110 Å². The van der Waals surface area contributed by atoms with Gasteiger partial charge in [0.1, 0.15) is 66.1 Å². The van der Waals surface area contributed by atoms with E-state index in [9.17, 15) is 0 Å². The Morgan fingerprint density at radius 2 is 0.923 bits per heavy atom. The highest BCUT2D eigenvalue weighted by Gasteiger charge is 2.25. The highest BCUT2D eigenvalue weighted by Crippen LogP contribution is 2.39. The maximum Gasteiger partial charge on any atom is 0.137 e. The molecule has 0 saturated carbocycles. The quantitative estimate of drug-likeness (QED) is 0.179. The molecule has 0 atom stereocenters. The molecule has 0 N–H and O–H groups in total. The summed E-state index contributed by atoms with van der Waals surface area (Å²) < 4.78 is 10.6. The van der Waals surface area contributed by atoms with Crippen molar-refractivity contribution in [2.75, 3.05) is 0 Å². The minimum Gasteiger partial charge on any atom is -0.456 e. The first kappa shape index (κ1) is 39.4. The van der Waals surface area contributed by atoms with Gasteiger partial charge in [-0.1, -0.05) is 136 Å². The van der Waals surface area contributed by atoms with Crippen LogP contribution in [-0.4, -0.2) is 64.1 Å². The average molecular weight is 810 g/mol. The van der Waals surface area contributed by atoms with Crippen LogP contribution in [0.5, 0.6) is 0 Å². The molecule has 286 valence electrons. The van der Waals surface area contributed by atoms with Gasteiger partial charge >= 0.3 is 0 Å². The fraction of sp³-hybridized carbons (Fsp3) is 0.0182. The van der Waals surface area contributed by atoms with E-state index >= 15 is 0 Å². The summed E-state index contributed by atoms with van der Waals surface area (Å²) in [7, 11) is 48.6. The van der Waals surface area contributed by atoms with Gasteiger partial charge in [0.15, 0.2) is 0 Å². The van der Waals surface area contributed by atoms with Gasteiger partial charge in [-0.15, -0.1) is 10.9 Å². The smallest absolute Gasteiger partial charge is 0.137 e. The summed E-state index contributed by atoms with van der Waals surface area (Å²) in [6, 6.07) is 54.3. The molecule has 0 spiro atoms. The zero-order valence-corrected chi connectivity index (χ0v) is 35.4. The van der Waals surface area contributed by atoms with Gasteiger partial charge in [-0.05, 0) is 94.2 Å². The molecular weight excluding hydrogens is 780 g/mol. The van der Waals surface area contributed by atoms with E-state index in [4.69, 9.17) is 59.3 Å². The fourth-order valence-electron chi connectivity index (χ4n) is 9.93. The fourth-order valence-corrected chi connectivity index (χ4v) is 9.93. The van der Waals surface area contributed by atoms with E-state index in [0.29, 0.717) is 43.8 Å². The Labute approximate surface area is 385 Å². The van der Waals surface area contributed by atoms with Crippen molar-refractivity contribution in [3.05, 3.63) is 163 Å². The van der Waals surface area contributed by atoms with Crippen LogP contribution in [0.15, 0.2) is 162 Å². The molecule has 0 aliphatic rings. The number of aryl methyl sites for hydroxylation is 1. The number of furan rings is 1. The molecule has 3 aromatic heterocycles. The van der Waals surface area contributed by atoms with Gasteiger partial charge in [-0.2, -0.15) is 0 Å². The van der Waals surface area contributed by atoms with Crippen LogP contribution in [-0.2, 0) is 0 Å². The Morgan fingerprint density at radius 3 is 1.69 bits per heavy atom. The molecule has 12 aromatic rings. The van der Waals surface area contributed by atoms with E-state index in [2.05, 4.69) is 102 Å². The first-order valence-electron chi connectivity index (χ1n) is 21.4. The number of benzene rings is 9. The summed E-state index contributed by atoms with van der Waals surface area (Å²) in [5.41, 5.74) is 15.3. The third kappa shape index (κ3) is 5.86. The number of para-hydroxylation sites is 1. The van der Waals surface area contributed by atoms with Gasteiger partial charge < -0.3 is 13.6 Å². The summed E-state index contributed by atoms with van der Waals surface area (Å²) in [4.78, 5) is 0. The second-order valence-corrected chi connectivity index (χ2v) is 16.9. The van der Waals surface area contributed by atoms with Crippen LogP contribution in [0.2, 0.25) is 0 Å². The molecule has 12 rings (SSSR count). The van der Waals surface area contributed by atoms with Gasteiger partial charge in [0.25, 0.3) is 0 Å². The van der Waals surface area contributed by atoms with Gasteiger partial charge in [0.05, 0.1) is 11.0 Å². The molecule has 0 unspecified atom stereocenters. The first-order valence-corrected chi connectivity index (χ1v) is 21.4. The van der Waals surface area contributed by atoms with E-state index in [1.807, 2.05) is 71.3 Å². The van der Waals surface area contributed by atoms with Crippen molar-refractivity contribution in [3.63, 3.8) is 0 Å². The topological polar surface area (TPSA) is 23.0 Å². The maximum atomic E-state index is 7.39. The first-order chi connectivity index (χ1) is 31.6. The molecule has 0 fully saturated rings. The summed E-state index contributed by atoms with van der Waals surface area (Å²) in [5.74, 6) is 0. The Bertz CT molecular complexity index is 3960. The molecule has 0 bridgehead atoms. The van der Waals surface area contributed by atoms with Crippen molar-refractivity contribution in [1.29, 1.82) is 0 Å². The molecule has 65 heavy (non-hydrogen) atoms. The molecule has 9 aromatic carbocycles. The van der Waals surface area contributed by atoms with Gasteiger partial charge in [-0.25, -0.2) is 0 Å².